The van der Waals surface area contributed by atoms with Crippen molar-refractivity contribution in [3.05, 3.63) is 0 Å². The van der Waals surface area contributed by atoms with Crippen molar-refractivity contribution in [1.82, 2.24) is 0 Å². The summed E-state index contributed by atoms with van der Waals surface area (Å²) in [4.78, 5) is 0. The average Bonchev–Trinajstić information content (AvgIpc) is 2.62. The summed E-state index contributed by atoms with van der Waals surface area (Å²) in [5, 5.41) is 0. The van der Waals surface area contributed by atoms with E-state index in [2.05, 4.69) is 0 Å². The van der Waals surface area contributed by atoms with Gasteiger partial charge in [-0.1, -0.05) is 0 Å². The van der Waals surface area contributed by atoms with E-state index >= 15 is 0 Å². The number of alkyl halides is 1. The number of hydrogen-bond acceptors (Lipinski definition) is 1. The normalized spacial score (nSPS) is 48.0. The topological polar surface area (TPSA) is 26.0 Å². The van der Waals surface area contributed by atoms with Crippen molar-refractivity contribution in [2.45, 2.75) is 43.8 Å². The van der Waals surface area contributed by atoms with Crippen molar-refractivity contribution in [2.75, 3.05) is 0 Å². The Bertz CT molecular complexity index is 144. The Hall–Kier alpha value is -0.110. The third-order valence-electron chi connectivity index (χ3n) is 2.84. The van der Waals surface area contributed by atoms with Gasteiger partial charge in [0.2, 0.25) is 0 Å². The van der Waals surface area contributed by atoms with Crippen LogP contribution in [-0.2, 0) is 0 Å². The second kappa shape index (κ2) is 1.94. The third-order valence-corrected chi connectivity index (χ3v) is 2.84. The van der Waals surface area contributed by atoms with Crippen molar-refractivity contribution in [3.63, 3.8) is 0 Å². The SMILES string of the molecule is NC1CCC(F)(C2CC2)C1. The molecule has 0 heterocycles. The van der Waals surface area contributed by atoms with E-state index in [0.717, 1.165) is 25.7 Å². The molecule has 58 valence electrons. The molecule has 0 aromatic heterocycles. The van der Waals surface area contributed by atoms with Crippen molar-refractivity contribution in [3.8, 4) is 0 Å². The van der Waals surface area contributed by atoms with Gasteiger partial charge in [0.15, 0.2) is 0 Å². The summed E-state index contributed by atoms with van der Waals surface area (Å²) >= 11 is 0. The van der Waals surface area contributed by atoms with Gasteiger partial charge >= 0.3 is 0 Å². The largest absolute Gasteiger partial charge is 0.328 e. The van der Waals surface area contributed by atoms with E-state index in [4.69, 9.17) is 5.73 Å². The van der Waals surface area contributed by atoms with Gasteiger partial charge in [0.1, 0.15) is 5.67 Å². The van der Waals surface area contributed by atoms with Gasteiger partial charge in [-0.3, -0.25) is 0 Å². The first-order chi connectivity index (χ1) is 4.71. The zero-order valence-corrected chi connectivity index (χ0v) is 6.15. The molecule has 2 saturated carbocycles. The van der Waals surface area contributed by atoms with Crippen LogP contribution in [-0.4, -0.2) is 11.7 Å². The first-order valence-electron chi connectivity index (χ1n) is 4.15. The minimum absolute atomic E-state index is 0.144. The first kappa shape index (κ1) is 6.59. The van der Waals surface area contributed by atoms with Crippen LogP contribution in [0.2, 0.25) is 0 Å². The molecule has 0 aliphatic heterocycles. The monoisotopic (exact) mass is 143 g/mol. The van der Waals surface area contributed by atoms with E-state index in [-0.39, 0.29) is 6.04 Å². The lowest BCUT2D eigenvalue weighted by Gasteiger charge is -2.17. The fourth-order valence-corrected chi connectivity index (χ4v) is 2.04. The van der Waals surface area contributed by atoms with Gasteiger partial charge in [-0.15, -0.1) is 0 Å². The van der Waals surface area contributed by atoms with Crippen LogP contribution in [0, 0.1) is 5.92 Å². The standard InChI is InChI=1S/C8H14FN/c9-8(6-1-2-6)4-3-7(10)5-8/h6-7H,1-5,10H2. The van der Waals surface area contributed by atoms with Gasteiger partial charge in [-0.05, 0) is 38.0 Å². The fourth-order valence-electron chi connectivity index (χ4n) is 2.04. The molecule has 2 heteroatoms. The highest BCUT2D eigenvalue weighted by atomic mass is 19.1. The smallest absolute Gasteiger partial charge is 0.115 e. The molecular formula is C8H14FN. The molecule has 2 unspecified atom stereocenters. The summed E-state index contributed by atoms with van der Waals surface area (Å²) in [6.07, 6.45) is 4.44. The molecule has 0 bridgehead atoms. The average molecular weight is 143 g/mol. The van der Waals surface area contributed by atoms with Crippen LogP contribution in [0.1, 0.15) is 32.1 Å². The van der Waals surface area contributed by atoms with Crippen molar-refractivity contribution >= 4 is 0 Å². The molecular weight excluding hydrogens is 129 g/mol. The second-order valence-corrected chi connectivity index (χ2v) is 3.81. The van der Waals surface area contributed by atoms with Gasteiger partial charge in [-0.2, -0.15) is 0 Å². The van der Waals surface area contributed by atoms with E-state index in [0.29, 0.717) is 12.3 Å². The van der Waals surface area contributed by atoms with E-state index in [9.17, 15) is 4.39 Å². The lowest BCUT2D eigenvalue weighted by Crippen LogP contribution is -2.25. The molecule has 2 N–H and O–H groups in total. The molecule has 0 aromatic rings. The summed E-state index contributed by atoms with van der Waals surface area (Å²) in [7, 11) is 0. The highest BCUT2D eigenvalue weighted by Crippen LogP contribution is 2.50. The predicted molar refractivity (Wildman–Crippen MR) is 38.4 cm³/mol. The Morgan fingerprint density at radius 3 is 2.40 bits per heavy atom. The number of nitrogens with two attached hydrogens (primary N) is 1. The van der Waals surface area contributed by atoms with E-state index in [1.54, 1.807) is 0 Å². The van der Waals surface area contributed by atoms with Crippen molar-refractivity contribution in [1.29, 1.82) is 0 Å². The van der Waals surface area contributed by atoms with E-state index < -0.39 is 5.67 Å². The third kappa shape index (κ3) is 0.947. The summed E-state index contributed by atoms with van der Waals surface area (Å²) < 4.78 is 13.7. The molecule has 2 aliphatic rings. The molecule has 2 fully saturated rings. The Morgan fingerprint density at radius 1 is 1.30 bits per heavy atom. The summed E-state index contributed by atoms with van der Waals surface area (Å²) in [5.74, 6) is 0.376. The number of hydrogen-bond donors (Lipinski definition) is 1. The molecule has 0 aromatic carbocycles. The lowest BCUT2D eigenvalue weighted by molar-refractivity contribution is 0.140. The van der Waals surface area contributed by atoms with Crippen LogP contribution in [0.15, 0.2) is 0 Å². The molecule has 10 heavy (non-hydrogen) atoms. The minimum Gasteiger partial charge on any atom is -0.328 e. The van der Waals surface area contributed by atoms with Crippen LogP contribution < -0.4 is 5.73 Å². The van der Waals surface area contributed by atoms with Crippen molar-refractivity contribution < 1.29 is 4.39 Å². The van der Waals surface area contributed by atoms with Gasteiger partial charge in [-0.25, -0.2) is 4.39 Å². The Morgan fingerprint density at radius 2 is 2.00 bits per heavy atom. The van der Waals surface area contributed by atoms with Crippen molar-refractivity contribution in [2.24, 2.45) is 11.7 Å². The zero-order valence-electron chi connectivity index (χ0n) is 6.15. The summed E-state index contributed by atoms with van der Waals surface area (Å²) in [6, 6.07) is 0.144. The fraction of sp³-hybridized carbons (Fsp3) is 1.00. The van der Waals surface area contributed by atoms with Gasteiger partial charge in [0.25, 0.3) is 0 Å². The molecule has 2 rings (SSSR count). The van der Waals surface area contributed by atoms with Crippen LogP contribution in [0.5, 0.6) is 0 Å². The number of halogens is 1. The minimum atomic E-state index is -0.848. The Balaban J connectivity index is 2.01. The Kier molecular flexibility index (Phi) is 1.28. The maximum atomic E-state index is 13.7. The summed E-state index contributed by atoms with van der Waals surface area (Å²) in [5.41, 5.74) is 4.79. The van der Waals surface area contributed by atoms with Crippen LogP contribution in [0.25, 0.3) is 0 Å². The quantitative estimate of drug-likeness (QED) is 0.593. The maximum Gasteiger partial charge on any atom is 0.115 e. The summed E-state index contributed by atoms with van der Waals surface area (Å²) in [6.45, 7) is 0. The Labute approximate surface area is 60.8 Å². The molecule has 2 aliphatic carbocycles. The van der Waals surface area contributed by atoms with E-state index in [1.165, 1.54) is 0 Å². The second-order valence-electron chi connectivity index (χ2n) is 3.81. The molecule has 1 nitrogen and oxygen atoms in total. The highest BCUT2D eigenvalue weighted by Gasteiger charge is 2.49. The molecule has 0 spiro atoms. The first-order valence-corrected chi connectivity index (χ1v) is 4.15. The maximum absolute atomic E-state index is 13.7. The molecule has 2 atom stereocenters. The van der Waals surface area contributed by atoms with Gasteiger partial charge < -0.3 is 5.73 Å². The van der Waals surface area contributed by atoms with Crippen LogP contribution >= 0.6 is 0 Å². The van der Waals surface area contributed by atoms with Crippen LogP contribution in [0.4, 0.5) is 4.39 Å². The predicted octanol–water partition coefficient (Wildman–Crippen LogP) is 1.62. The van der Waals surface area contributed by atoms with Gasteiger partial charge in [0.05, 0.1) is 0 Å². The lowest BCUT2D eigenvalue weighted by atomic mass is 9.98. The molecule has 0 saturated heterocycles. The number of rotatable bonds is 1. The highest BCUT2D eigenvalue weighted by molar-refractivity contribution is 5.01. The molecule has 0 radical (unpaired) electrons. The molecule has 0 amide bonds. The van der Waals surface area contributed by atoms with Gasteiger partial charge in [0, 0.05) is 6.04 Å². The van der Waals surface area contributed by atoms with Crippen LogP contribution in [0.3, 0.4) is 0 Å². The zero-order chi connectivity index (χ0) is 7.19. The van der Waals surface area contributed by atoms with E-state index in [1.807, 2.05) is 0 Å².